The molecule has 6 atom stereocenters. The van der Waals surface area contributed by atoms with E-state index in [0.717, 1.165) is 19.4 Å². The van der Waals surface area contributed by atoms with Gasteiger partial charge in [0.05, 0.1) is 24.1 Å². The second-order valence-electron chi connectivity index (χ2n) is 12.2. The maximum absolute atomic E-state index is 16.1. The minimum atomic E-state index is -2.81. The lowest BCUT2D eigenvalue weighted by Gasteiger charge is -2.52. The standard InChI is InChI=1S/C29H36FN3O8/c1-32(2)23-17-9-14-8-16-20(18(34)10-15(22(16)30)12-33(6-7-41-3)11-13-4-5-13)24(35)19(14)26(37)29(17,40)27(38)21(25(23)36)28(31)39/h10,13-14,17,19,21,23,34,40H,4-9,11-12H2,1-3H3,(H2,31,39)/t14-,17-,19?,21?,23-,29-/m0/s1. The normalized spacial score (nSPS) is 31.3. The molecule has 2 unspecified atom stereocenters. The van der Waals surface area contributed by atoms with Gasteiger partial charge in [0, 0.05) is 43.8 Å². The molecule has 4 N–H and O–H groups in total. The molecule has 5 rings (SSSR count). The van der Waals surface area contributed by atoms with Gasteiger partial charge in [0.2, 0.25) is 5.91 Å². The molecule has 1 aromatic carbocycles. The Morgan fingerprint density at radius 2 is 1.88 bits per heavy atom. The number of aliphatic hydroxyl groups is 1. The van der Waals surface area contributed by atoms with Crippen molar-refractivity contribution in [3.63, 3.8) is 0 Å². The van der Waals surface area contributed by atoms with E-state index >= 15 is 4.39 Å². The molecule has 41 heavy (non-hydrogen) atoms. The SMILES string of the molecule is COCCN(Cc1cc(O)c2c(c1F)C[C@H]1C[C@H]3[C@H](N(C)C)C(=O)C(C(N)=O)C(=O)[C@@]3(O)C(=O)C1C2=O)CC1CC1. The van der Waals surface area contributed by atoms with Crippen molar-refractivity contribution in [1.82, 2.24) is 9.80 Å². The maximum Gasteiger partial charge on any atom is 0.235 e. The van der Waals surface area contributed by atoms with Gasteiger partial charge in [-0.25, -0.2) is 4.39 Å². The number of rotatable bonds is 9. The topological polar surface area (TPSA) is 168 Å². The predicted octanol–water partition coefficient (Wildman–Crippen LogP) is -0.135. The number of halogens is 1. The molecule has 12 heteroatoms. The van der Waals surface area contributed by atoms with E-state index in [2.05, 4.69) is 0 Å². The minimum Gasteiger partial charge on any atom is -0.507 e. The zero-order valence-corrected chi connectivity index (χ0v) is 23.4. The molecule has 0 aliphatic heterocycles. The molecule has 0 heterocycles. The number of phenolic OH excluding ortho intramolecular Hbond substituents is 1. The number of phenols is 1. The summed E-state index contributed by atoms with van der Waals surface area (Å²) < 4.78 is 21.2. The van der Waals surface area contributed by atoms with Crippen molar-refractivity contribution in [3.8, 4) is 5.75 Å². The van der Waals surface area contributed by atoms with E-state index in [-0.39, 0.29) is 36.1 Å². The fraction of sp³-hybridized carbons (Fsp3) is 0.621. The quantitative estimate of drug-likeness (QED) is 0.339. The van der Waals surface area contributed by atoms with Crippen molar-refractivity contribution in [2.45, 2.75) is 43.9 Å². The Hall–Kier alpha value is -3.06. The van der Waals surface area contributed by atoms with E-state index in [1.54, 1.807) is 7.11 Å². The number of nitrogens with two attached hydrogens (primary N) is 1. The van der Waals surface area contributed by atoms with Crippen molar-refractivity contribution in [1.29, 1.82) is 0 Å². The molecular weight excluding hydrogens is 537 g/mol. The lowest BCUT2D eigenvalue weighted by molar-refractivity contribution is -0.181. The lowest BCUT2D eigenvalue weighted by Crippen LogP contribution is -2.74. The number of Topliss-reactive ketones (excluding diaryl/α,β-unsaturated/α-hetero) is 4. The highest BCUT2D eigenvalue weighted by molar-refractivity contribution is 6.32. The van der Waals surface area contributed by atoms with Crippen LogP contribution in [0.1, 0.15) is 40.7 Å². The highest BCUT2D eigenvalue weighted by atomic mass is 19.1. The number of carbonyl (C=O) groups is 5. The second-order valence-corrected chi connectivity index (χ2v) is 12.2. The summed E-state index contributed by atoms with van der Waals surface area (Å²) in [4.78, 5) is 69.6. The third-order valence-corrected chi connectivity index (χ3v) is 9.29. The van der Waals surface area contributed by atoms with Gasteiger partial charge in [-0.05, 0) is 57.7 Å². The number of hydrogen-bond donors (Lipinski definition) is 3. The van der Waals surface area contributed by atoms with Gasteiger partial charge in [0.15, 0.2) is 34.7 Å². The average molecular weight is 574 g/mol. The molecule has 0 radical (unpaired) electrons. The van der Waals surface area contributed by atoms with Crippen molar-refractivity contribution in [2.24, 2.45) is 35.3 Å². The van der Waals surface area contributed by atoms with Gasteiger partial charge in [-0.1, -0.05) is 0 Å². The zero-order chi connectivity index (χ0) is 30.0. The number of likely N-dealkylation sites (N-methyl/N-ethyl adjacent to an activating group) is 1. The van der Waals surface area contributed by atoms with Crippen molar-refractivity contribution < 1.29 is 43.3 Å². The maximum atomic E-state index is 16.1. The third-order valence-electron chi connectivity index (χ3n) is 9.29. The van der Waals surface area contributed by atoms with E-state index in [4.69, 9.17) is 10.5 Å². The van der Waals surface area contributed by atoms with E-state index in [0.29, 0.717) is 19.1 Å². The number of aromatic hydroxyl groups is 1. The summed E-state index contributed by atoms with van der Waals surface area (Å²) in [5.74, 6) is -11.8. The molecule has 1 amide bonds. The molecule has 0 spiro atoms. The van der Waals surface area contributed by atoms with Crippen LogP contribution in [0.2, 0.25) is 0 Å². The Balaban J connectivity index is 1.53. The Morgan fingerprint density at radius 1 is 1.20 bits per heavy atom. The van der Waals surface area contributed by atoms with Crippen LogP contribution in [0.3, 0.4) is 0 Å². The number of methoxy groups -OCH3 is 1. The number of nitrogens with zero attached hydrogens (tertiary/aromatic N) is 2. The van der Waals surface area contributed by atoms with Crippen LogP contribution in [0.4, 0.5) is 4.39 Å². The van der Waals surface area contributed by atoms with Gasteiger partial charge in [-0.3, -0.25) is 33.8 Å². The van der Waals surface area contributed by atoms with Crippen molar-refractivity contribution in [3.05, 3.63) is 28.6 Å². The van der Waals surface area contributed by atoms with Gasteiger partial charge in [0.1, 0.15) is 11.6 Å². The number of carbonyl (C=O) groups excluding carboxylic acids is 5. The van der Waals surface area contributed by atoms with Gasteiger partial charge in [-0.15, -0.1) is 0 Å². The fourth-order valence-corrected chi connectivity index (χ4v) is 7.18. The monoisotopic (exact) mass is 573 g/mol. The molecule has 0 saturated heterocycles. The van der Waals surface area contributed by atoms with E-state index in [1.165, 1.54) is 25.1 Å². The lowest BCUT2D eigenvalue weighted by atomic mass is 9.52. The molecule has 3 fully saturated rings. The van der Waals surface area contributed by atoms with Crippen LogP contribution in [0.5, 0.6) is 5.75 Å². The number of fused-ring (bicyclic) bond motifs is 3. The van der Waals surface area contributed by atoms with Crippen molar-refractivity contribution in [2.75, 3.05) is 40.9 Å². The average Bonchev–Trinajstić information content (AvgIpc) is 3.71. The number of primary amides is 1. The van der Waals surface area contributed by atoms with Crippen LogP contribution in [-0.4, -0.2) is 102 Å². The summed E-state index contributed by atoms with van der Waals surface area (Å²) in [7, 11) is 4.60. The molecule has 1 aromatic rings. The van der Waals surface area contributed by atoms with Crippen LogP contribution in [0.15, 0.2) is 6.07 Å². The van der Waals surface area contributed by atoms with Gasteiger partial charge in [0.25, 0.3) is 0 Å². The highest BCUT2D eigenvalue weighted by Crippen LogP contribution is 2.51. The van der Waals surface area contributed by atoms with Crippen LogP contribution in [0.25, 0.3) is 0 Å². The summed E-state index contributed by atoms with van der Waals surface area (Å²) >= 11 is 0. The first-order valence-electron chi connectivity index (χ1n) is 13.9. The number of hydrogen-bond acceptors (Lipinski definition) is 10. The summed E-state index contributed by atoms with van der Waals surface area (Å²) in [6.45, 7) is 1.94. The molecule has 4 aliphatic rings. The van der Waals surface area contributed by atoms with E-state index in [9.17, 15) is 34.2 Å². The summed E-state index contributed by atoms with van der Waals surface area (Å²) in [6, 6.07) is -0.0162. The van der Waals surface area contributed by atoms with Crippen LogP contribution in [-0.2, 0) is 36.9 Å². The second kappa shape index (κ2) is 10.6. The van der Waals surface area contributed by atoms with Gasteiger partial charge < -0.3 is 20.7 Å². The molecular formula is C29H36FN3O8. The number of ether oxygens (including phenoxy) is 1. The molecule has 11 nitrogen and oxygen atoms in total. The summed E-state index contributed by atoms with van der Waals surface area (Å²) in [5, 5.41) is 22.5. The number of ketones is 4. The fourth-order valence-electron chi connectivity index (χ4n) is 7.18. The molecule has 222 valence electrons. The zero-order valence-electron chi connectivity index (χ0n) is 23.4. The Morgan fingerprint density at radius 3 is 2.46 bits per heavy atom. The molecule has 0 aromatic heterocycles. The largest absolute Gasteiger partial charge is 0.507 e. The van der Waals surface area contributed by atoms with E-state index < -0.39 is 75.9 Å². The third kappa shape index (κ3) is 4.70. The van der Waals surface area contributed by atoms with Gasteiger partial charge in [-0.2, -0.15) is 0 Å². The van der Waals surface area contributed by atoms with Gasteiger partial charge >= 0.3 is 0 Å². The van der Waals surface area contributed by atoms with Crippen molar-refractivity contribution >= 4 is 29.0 Å². The van der Waals surface area contributed by atoms with Crippen LogP contribution in [0, 0.1) is 35.4 Å². The smallest absolute Gasteiger partial charge is 0.235 e. The first-order chi connectivity index (χ1) is 19.3. The first-order valence-corrected chi connectivity index (χ1v) is 13.9. The van der Waals surface area contributed by atoms with Crippen LogP contribution < -0.4 is 5.73 Å². The van der Waals surface area contributed by atoms with E-state index in [1.807, 2.05) is 4.90 Å². The Bertz CT molecular complexity index is 1330. The molecule has 3 saturated carbocycles. The minimum absolute atomic E-state index is 0.0209. The molecule has 0 bridgehead atoms. The Kier molecular flexibility index (Phi) is 7.64. The van der Waals surface area contributed by atoms with Crippen LogP contribution >= 0.6 is 0 Å². The predicted molar refractivity (Wildman–Crippen MR) is 141 cm³/mol. The first kappa shape index (κ1) is 29.4. The molecule has 4 aliphatic carbocycles. The highest BCUT2D eigenvalue weighted by Gasteiger charge is 2.69. The number of benzene rings is 1. The summed E-state index contributed by atoms with van der Waals surface area (Å²) in [6.07, 6.45) is 1.95. The number of amides is 1. The Labute approximate surface area is 236 Å². The summed E-state index contributed by atoms with van der Waals surface area (Å²) in [5.41, 5.74) is 2.36.